The van der Waals surface area contributed by atoms with Crippen molar-refractivity contribution in [3.63, 3.8) is 0 Å². The van der Waals surface area contributed by atoms with Gasteiger partial charge in [-0.25, -0.2) is 22.8 Å². The number of ether oxygens (including phenoxy) is 2. The Bertz CT molecular complexity index is 1240. The van der Waals surface area contributed by atoms with E-state index in [-0.39, 0.29) is 29.3 Å². The molecule has 3 heterocycles. The summed E-state index contributed by atoms with van der Waals surface area (Å²) in [6.45, 7) is 3.27. The van der Waals surface area contributed by atoms with Crippen molar-refractivity contribution in [3.8, 4) is 17.4 Å². The van der Waals surface area contributed by atoms with Crippen molar-refractivity contribution in [2.45, 2.75) is 55.9 Å². The maximum atomic E-state index is 13.4. The molecule has 0 unspecified atom stereocenters. The van der Waals surface area contributed by atoms with E-state index in [0.29, 0.717) is 11.5 Å². The molecule has 1 saturated carbocycles. The Morgan fingerprint density at radius 2 is 1.68 bits per heavy atom. The largest absolute Gasteiger partial charge is 0.479 e. The first-order valence-corrected chi connectivity index (χ1v) is 12.5. The van der Waals surface area contributed by atoms with Gasteiger partial charge in [-0.05, 0) is 19.8 Å². The maximum Gasteiger partial charge on any atom is 0.245 e. The van der Waals surface area contributed by atoms with Crippen LogP contribution in [0.2, 0.25) is 0 Å². The van der Waals surface area contributed by atoms with Crippen LogP contribution in [0.1, 0.15) is 62.4 Å². The monoisotopic (exact) mass is 491 g/mol. The van der Waals surface area contributed by atoms with Gasteiger partial charge in [-0.15, -0.1) is 10.2 Å². The fourth-order valence-corrected chi connectivity index (χ4v) is 5.38. The van der Waals surface area contributed by atoms with Gasteiger partial charge in [-0.2, -0.15) is 9.97 Å². The normalized spacial score (nSPS) is 16.0. The van der Waals surface area contributed by atoms with Gasteiger partial charge < -0.3 is 9.47 Å². The summed E-state index contributed by atoms with van der Waals surface area (Å²) in [4.78, 5) is 16.2. The highest BCUT2D eigenvalue weighted by Gasteiger charge is 2.35. The number of rotatable bonds is 9. The predicted octanol–water partition coefficient (Wildman–Crippen LogP) is 2.38. The number of hydrogen-bond donors (Lipinski definition) is 0. The van der Waals surface area contributed by atoms with Gasteiger partial charge in [-0.1, -0.05) is 13.3 Å². The minimum absolute atomic E-state index is 0.127. The highest BCUT2D eigenvalue weighted by Crippen LogP contribution is 2.40. The van der Waals surface area contributed by atoms with Gasteiger partial charge in [-0.3, -0.25) is 4.57 Å². The highest BCUT2D eigenvalue weighted by molar-refractivity contribution is 7.91. The minimum atomic E-state index is -3.76. The van der Waals surface area contributed by atoms with Crippen molar-refractivity contribution in [1.29, 1.82) is 0 Å². The van der Waals surface area contributed by atoms with E-state index >= 15 is 0 Å². The van der Waals surface area contributed by atoms with Crippen LogP contribution in [0.3, 0.4) is 0 Å². The lowest BCUT2D eigenvalue weighted by Gasteiger charge is -2.26. The molecule has 182 valence electrons. The van der Waals surface area contributed by atoms with Crippen LogP contribution in [-0.2, 0) is 15.6 Å². The molecule has 2 atom stereocenters. The summed E-state index contributed by atoms with van der Waals surface area (Å²) in [6, 6.07) is 0. The second-order valence-corrected chi connectivity index (χ2v) is 10.6. The number of nitrogens with zero attached hydrogens (tertiary/aromatic N) is 7. The van der Waals surface area contributed by atoms with Gasteiger partial charge in [0.25, 0.3) is 0 Å². The summed E-state index contributed by atoms with van der Waals surface area (Å²) in [5, 5.41) is 7.71. The van der Waals surface area contributed by atoms with Gasteiger partial charge in [0.1, 0.15) is 23.7 Å². The Morgan fingerprint density at radius 3 is 2.21 bits per heavy atom. The molecule has 0 amide bonds. The molecule has 0 radical (unpaired) electrons. The summed E-state index contributed by atoms with van der Waals surface area (Å²) in [5.41, 5.74) is 0.354. The topological polar surface area (TPSA) is 135 Å². The average molecular weight is 492 g/mol. The highest BCUT2D eigenvalue weighted by atomic mass is 32.2. The first-order chi connectivity index (χ1) is 16.3. The number of sulfone groups is 1. The Balaban J connectivity index is 1.74. The van der Waals surface area contributed by atoms with Crippen molar-refractivity contribution in [2.24, 2.45) is 0 Å². The van der Waals surface area contributed by atoms with Crippen molar-refractivity contribution >= 4 is 9.84 Å². The van der Waals surface area contributed by atoms with Crippen molar-refractivity contribution in [2.75, 3.05) is 14.2 Å². The Morgan fingerprint density at radius 1 is 1.06 bits per heavy atom. The number of halogens is 1. The smallest absolute Gasteiger partial charge is 0.245 e. The Labute approximate surface area is 196 Å². The number of methoxy groups -OCH3 is 2. The van der Waals surface area contributed by atoms with Crippen molar-refractivity contribution in [3.05, 3.63) is 42.0 Å². The molecule has 11 nitrogen and oxygen atoms in total. The van der Waals surface area contributed by atoms with Crippen LogP contribution in [0.5, 0.6) is 11.8 Å². The molecule has 1 fully saturated rings. The fourth-order valence-electron chi connectivity index (χ4n) is 3.83. The molecular weight excluding hydrogens is 465 g/mol. The molecular formula is C21H26FN7O4S. The van der Waals surface area contributed by atoms with Gasteiger partial charge in [0.15, 0.2) is 27.2 Å². The first kappa shape index (κ1) is 23.9. The third-order valence-electron chi connectivity index (χ3n) is 6.24. The fraction of sp³-hybridized carbons (Fsp3) is 0.524. The van der Waals surface area contributed by atoms with E-state index in [4.69, 9.17) is 9.47 Å². The molecule has 0 N–H and O–H groups in total. The second kappa shape index (κ2) is 9.57. The van der Waals surface area contributed by atoms with Gasteiger partial charge >= 0.3 is 0 Å². The average Bonchev–Trinajstić information content (AvgIpc) is 3.18. The molecule has 4 rings (SSSR count). The van der Waals surface area contributed by atoms with E-state index in [1.165, 1.54) is 20.5 Å². The lowest BCUT2D eigenvalue weighted by Crippen LogP contribution is -2.28. The summed E-state index contributed by atoms with van der Waals surface area (Å²) < 4.78 is 52.6. The van der Waals surface area contributed by atoms with E-state index in [0.717, 1.165) is 31.7 Å². The molecule has 0 spiro atoms. The molecule has 34 heavy (non-hydrogen) atoms. The third-order valence-corrected chi connectivity index (χ3v) is 8.44. The molecule has 3 aromatic rings. The van der Waals surface area contributed by atoms with Crippen LogP contribution in [0.4, 0.5) is 4.39 Å². The minimum Gasteiger partial charge on any atom is -0.479 e. The van der Waals surface area contributed by atoms with E-state index < -0.39 is 32.6 Å². The standard InChI is InChI=1S/C21H26FN7O4S/c1-12(18-23-8-15(22)9-24-18)13(2)34(30,31)10-16-27-28-19(14-6-5-7-14)29(16)17-20(32-3)25-11-26-21(17)33-4/h8-9,11-14H,5-7,10H2,1-4H3/t12-,13-/m0/s1. The van der Waals surface area contributed by atoms with E-state index in [1.807, 2.05) is 0 Å². The molecule has 1 aliphatic carbocycles. The molecule has 1 aliphatic rings. The van der Waals surface area contributed by atoms with Gasteiger partial charge in [0.2, 0.25) is 11.8 Å². The molecule has 0 aromatic carbocycles. The van der Waals surface area contributed by atoms with Crippen LogP contribution in [-0.4, -0.2) is 62.6 Å². The van der Waals surface area contributed by atoms with Crippen LogP contribution in [0, 0.1) is 5.82 Å². The van der Waals surface area contributed by atoms with Gasteiger partial charge in [0, 0.05) is 11.8 Å². The first-order valence-electron chi connectivity index (χ1n) is 10.8. The third kappa shape index (κ3) is 4.43. The number of hydrogen-bond acceptors (Lipinski definition) is 10. The summed E-state index contributed by atoms with van der Waals surface area (Å²) in [5.74, 6) is 0.0576. The molecule has 0 bridgehead atoms. The summed E-state index contributed by atoms with van der Waals surface area (Å²) >= 11 is 0. The summed E-state index contributed by atoms with van der Waals surface area (Å²) in [6.07, 6.45) is 6.23. The zero-order chi connectivity index (χ0) is 24.5. The zero-order valence-electron chi connectivity index (χ0n) is 19.3. The molecule has 0 saturated heterocycles. The van der Waals surface area contributed by atoms with E-state index in [1.54, 1.807) is 18.4 Å². The molecule has 0 aliphatic heterocycles. The quantitative estimate of drug-likeness (QED) is 0.439. The maximum absolute atomic E-state index is 13.4. The lowest BCUT2D eigenvalue weighted by molar-refractivity contribution is 0.361. The lowest BCUT2D eigenvalue weighted by atomic mass is 9.85. The van der Waals surface area contributed by atoms with Crippen LogP contribution in [0.25, 0.3) is 5.69 Å². The van der Waals surface area contributed by atoms with Crippen molar-refractivity contribution < 1.29 is 22.3 Å². The van der Waals surface area contributed by atoms with Gasteiger partial charge in [0.05, 0.1) is 31.9 Å². The molecule has 13 heteroatoms. The zero-order valence-corrected chi connectivity index (χ0v) is 20.2. The predicted molar refractivity (Wildman–Crippen MR) is 119 cm³/mol. The molecule has 3 aromatic heterocycles. The van der Waals surface area contributed by atoms with Crippen LogP contribution >= 0.6 is 0 Å². The Kier molecular flexibility index (Phi) is 6.73. The van der Waals surface area contributed by atoms with E-state index in [9.17, 15) is 12.8 Å². The Hall–Kier alpha value is -3.22. The van der Waals surface area contributed by atoms with E-state index in [2.05, 4.69) is 30.1 Å². The van der Waals surface area contributed by atoms with Crippen LogP contribution < -0.4 is 9.47 Å². The second-order valence-electron chi connectivity index (χ2n) is 8.24. The SMILES string of the molecule is COc1ncnc(OC)c1-n1c(CS(=O)(=O)[C@@H](C)[C@H](C)c2ncc(F)cn2)nnc1C1CCC1. The van der Waals surface area contributed by atoms with Crippen molar-refractivity contribution in [1.82, 2.24) is 34.7 Å². The number of aromatic nitrogens is 7. The van der Waals surface area contributed by atoms with Crippen LogP contribution in [0.15, 0.2) is 18.7 Å². The summed E-state index contributed by atoms with van der Waals surface area (Å²) in [7, 11) is -0.841.